The largest absolute Gasteiger partial charge is 0.399 e. The number of aromatic nitrogens is 1. The Kier molecular flexibility index (Phi) is 3.96. The van der Waals surface area contributed by atoms with E-state index >= 15 is 0 Å². The molecular formula is C12H11BrFN3O2S. The van der Waals surface area contributed by atoms with Crippen molar-refractivity contribution in [3.8, 4) is 0 Å². The van der Waals surface area contributed by atoms with E-state index in [-0.39, 0.29) is 16.1 Å². The summed E-state index contributed by atoms with van der Waals surface area (Å²) in [4.78, 5) is 3.64. The van der Waals surface area contributed by atoms with E-state index in [1.54, 1.807) is 0 Å². The zero-order valence-electron chi connectivity index (χ0n) is 10.4. The topological polar surface area (TPSA) is 85.1 Å². The Morgan fingerprint density at radius 3 is 2.75 bits per heavy atom. The number of anilines is 2. The van der Waals surface area contributed by atoms with Gasteiger partial charge in [-0.25, -0.2) is 12.8 Å². The lowest BCUT2D eigenvalue weighted by atomic mass is 10.2. The van der Waals surface area contributed by atoms with Crippen LogP contribution in [0.25, 0.3) is 0 Å². The molecule has 0 aliphatic carbocycles. The van der Waals surface area contributed by atoms with Crippen LogP contribution < -0.4 is 10.5 Å². The van der Waals surface area contributed by atoms with Crippen LogP contribution in [0.2, 0.25) is 0 Å². The molecule has 2 rings (SSSR count). The molecule has 0 fully saturated rings. The van der Waals surface area contributed by atoms with E-state index in [0.717, 1.165) is 6.07 Å². The molecule has 2 aromatic rings. The van der Waals surface area contributed by atoms with Gasteiger partial charge in [0.15, 0.2) is 0 Å². The third-order valence-corrected chi connectivity index (χ3v) is 4.75. The summed E-state index contributed by atoms with van der Waals surface area (Å²) in [6, 6.07) is 3.78. The second-order valence-electron chi connectivity index (χ2n) is 4.09. The van der Waals surface area contributed by atoms with Gasteiger partial charge in [0.25, 0.3) is 10.0 Å². The molecule has 0 spiro atoms. The van der Waals surface area contributed by atoms with Crippen molar-refractivity contribution < 1.29 is 12.8 Å². The first kappa shape index (κ1) is 14.7. The lowest BCUT2D eigenvalue weighted by Crippen LogP contribution is -2.15. The second-order valence-corrected chi connectivity index (χ2v) is 6.59. The van der Waals surface area contributed by atoms with Gasteiger partial charge in [-0.3, -0.25) is 9.71 Å². The van der Waals surface area contributed by atoms with E-state index in [1.807, 2.05) is 0 Å². The van der Waals surface area contributed by atoms with Crippen LogP contribution in [0.4, 0.5) is 15.8 Å². The maximum Gasteiger partial charge on any atom is 0.262 e. The van der Waals surface area contributed by atoms with Crippen molar-refractivity contribution in [1.82, 2.24) is 4.98 Å². The maximum absolute atomic E-state index is 13.6. The van der Waals surface area contributed by atoms with Gasteiger partial charge < -0.3 is 5.73 Å². The second kappa shape index (κ2) is 5.37. The van der Waals surface area contributed by atoms with Gasteiger partial charge in [-0.2, -0.15) is 0 Å². The predicted molar refractivity (Wildman–Crippen MR) is 78.3 cm³/mol. The lowest BCUT2D eigenvalue weighted by Gasteiger charge is -2.12. The highest BCUT2D eigenvalue weighted by atomic mass is 79.9. The van der Waals surface area contributed by atoms with Gasteiger partial charge in [0.2, 0.25) is 0 Å². The fourth-order valence-electron chi connectivity index (χ4n) is 1.61. The van der Waals surface area contributed by atoms with E-state index in [0.29, 0.717) is 10.2 Å². The van der Waals surface area contributed by atoms with Crippen molar-refractivity contribution in [3.05, 3.63) is 46.4 Å². The molecule has 0 bridgehead atoms. The Hall–Kier alpha value is -1.67. The summed E-state index contributed by atoms with van der Waals surface area (Å²) in [6.07, 6.45) is 2.89. The van der Waals surface area contributed by atoms with Gasteiger partial charge in [-0.05, 0) is 41.1 Å². The summed E-state index contributed by atoms with van der Waals surface area (Å²) in [5, 5.41) is 0. The van der Waals surface area contributed by atoms with Crippen LogP contribution >= 0.6 is 15.9 Å². The predicted octanol–water partition coefficient (Wildman–Crippen LogP) is 2.67. The SMILES string of the molecule is Cc1c(F)cc(N)cc1S(=O)(=O)Nc1ccncc1Br. The Balaban J connectivity index is 2.49. The average molecular weight is 360 g/mol. The third kappa shape index (κ3) is 2.91. The third-order valence-electron chi connectivity index (χ3n) is 2.63. The summed E-state index contributed by atoms with van der Waals surface area (Å²) >= 11 is 3.18. The fourth-order valence-corrected chi connectivity index (χ4v) is 3.46. The Morgan fingerprint density at radius 2 is 2.10 bits per heavy atom. The number of nitrogens with two attached hydrogens (primary N) is 1. The first-order chi connectivity index (χ1) is 9.31. The van der Waals surface area contributed by atoms with Crippen molar-refractivity contribution in [1.29, 1.82) is 0 Å². The van der Waals surface area contributed by atoms with E-state index in [1.165, 1.54) is 31.5 Å². The van der Waals surface area contributed by atoms with E-state index in [4.69, 9.17) is 5.73 Å². The van der Waals surface area contributed by atoms with Crippen molar-refractivity contribution in [2.45, 2.75) is 11.8 Å². The molecule has 3 N–H and O–H groups in total. The maximum atomic E-state index is 13.6. The molecule has 1 aromatic carbocycles. The molecule has 0 atom stereocenters. The number of nitrogen functional groups attached to an aromatic ring is 1. The summed E-state index contributed by atoms with van der Waals surface area (Å²) < 4.78 is 41.0. The number of halogens is 2. The Labute approximate surface area is 124 Å². The Bertz CT molecular complexity index is 765. The molecule has 8 heteroatoms. The van der Waals surface area contributed by atoms with Crippen LogP contribution in [0.1, 0.15) is 5.56 Å². The van der Waals surface area contributed by atoms with Crippen molar-refractivity contribution in [2.75, 3.05) is 10.5 Å². The van der Waals surface area contributed by atoms with E-state index in [9.17, 15) is 12.8 Å². The molecule has 1 heterocycles. The van der Waals surface area contributed by atoms with Crippen LogP contribution in [0, 0.1) is 12.7 Å². The minimum Gasteiger partial charge on any atom is -0.399 e. The molecule has 0 unspecified atom stereocenters. The van der Waals surface area contributed by atoms with Crippen molar-refractivity contribution in [3.63, 3.8) is 0 Å². The van der Waals surface area contributed by atoms with E-state index in [2.05, 4.69) is 25.6 Å². The van der Waals surface area contributed by atoms with Gasteiger partial charge >= 0.3 is 0 Å². The van der Waals surface area contributed by atoms with Crippen LogP contribution in [0.15, 0.2) is 40.0 Å². The minimum atomic E-state index is -3.94. The standard InChI is InChI=1S/C12H11BrFN3O2S/c1-7-10(14)4-8(15)5-12(7)20(18,19)17-11-2-3-16-6-9(11)13/h2-6H,15H2,1H3,(H,16,17). The smallest absolute Gasteiger partial charge is 0.262 e. The molecule has 0 aliphatic rings. The van der Waals surface area contributed by atoms with Crippen LogP contribution in [-0.4, -0.2) is 13.4 Å². The number of hydrogen-bond acceptors (Lipinski definition) is 4. The normalized spacial score (nSPS) is 11.3. The van der Waals surface area contributed by atoms with Gasteiger partial charge in [0.05, 0.1) is 15.1 Å². The molecule has 1 aromatic heterocycles. The minimum absolute atomic E-state index is 0.0110. The van der Waals surface area contributed by atoms with Crippen molar-refractivity contribution in [2.24, 2.45) is 0 Å². The number of sulfonamides is 1. The van der Waals surface area contributed by atoms with Crippen LogP contribution in [0.5, 0.6) is 0 Å². The quantitative estimate of drug-likeness (QED) is 0.825. The number of benzene rings is 1. The lowest BCUT2D eigenvalue weighted by molar-refractivity contribution is 0.591. The number of rotatable bonds is 3. The molecule has 0 aliphatic heterocycles. The van der Waals surface area contributed by atoms with Crippen LogP contribution in [-0.2, 0) is 10.0 Å². The number of hydrogen-bond donors (Lipinski definition) is 2. The summed E-state index contributed by atoms with van der Waals surface area (Å²) in [5.74, 6) is -0.667. The number of pyridine rings is 1. The number of nitrogens with one attached hydrogen (secondary N) is 1. The first-order valence-corrected chi connectivity index (χ1v) is 7.77. The molecule has 0 radical (unpaired) electrons. The molecule has 5 nitrogen and oxygen atoms in total. The van der Waals surface area contributed by atoms with Gasteiger partial charge in [0.1, 0.15) is 5.82 Å². The van der Waals surface area contributed by atoms with Gasteiger partial charge in [-0.1, -0.05) is 0 Å². The molecule has 0 amide bonds. The highest BCUT2D eigenvalue weighted by Gasteiger charge is 2.20. The van der Waals surface area contributed by atoms with E-state index < -0.39 is 15.8 Å². The monoisotopic (exact) mass is 359 g/mol. The van der Waals surface area contributed by atoms with Gasteiger partial charge in [-0.15, -0.1) is 0 Å². The van der Waals surface area contributed by atoms with Crippen LogP contribution in [0.3, 0.4) is 0 Å². The molecule has 0 saturated heterocycles. The molecule has 20 heavy (non-hydrogen) atoms. The first-order valence-electron chi connectivity index (χ1n) is 5.49. The summed E-state index contributed by atoms with van der Waals surface area (Å²) in [6.45, 7) is 1.38. The average Bonchev–Trinajstić information content (AvgIpc) is 2.36. The number of nitrogens with zero attached hydrogens (tertiary/aromatic N) is 1. The zero-order valence-corrected chi connectivity index (χ0v) is 12.8. The Morgan fingerprint density at radius 1 is 1.40 bits per heavy atom. The highest BCUT2D eigenvalue weighted by Crippen LogP contribution is 2.27. The molecule has 106 valence electrons. The molecular weight excluding hydrogens is 349 g/mol. The summed E-state index contributed by atoms with van der Waals surface area (Å²) in [5.41, 5.74) is 5.86. The zero-order chi connectivity index (χ0) is 14.9. The highest BCUT2D eigenvalue weighted by molar-refractivity contribution is 9.10. The summed E-state index contributed by atoms with van der Waals surface area (Å²) in [7, 11) is -3.94. The molecule has 0 saturated carbocycles. The van der Waals surface area contributed by atoms with Gasteiger partial charge in [0, 0.05) is 23.6 Å². The fraction of sp³-hybridized carbons (Fsp3) is 0.0833. The van der Waals surface area contributed by atoms with Crippen molar-refractivity contribution >= 4 is 37.3 Å².